The van der Waals surface area contributed by atoms with Crippen LogP contribution in [0.2, 0.25) is 0 Å². The van der Waals surface area contributed by atoms with Crippen molar-refractivity contribution in [3.05, 3.63) is 29.8 Å². The van der Waals surface area contributed by atoms with E-state index >= 15 is 0 Å². The van der Waals surface area contributed by atoms with Crippen LogP contribution in [0.25, 0.3) is 0 Å². The molecule has 0 spiro atoms. The molecule has 1 N–H and O–H groups in total. The summed E-state index contributed by atoms with van der Waals surface area (Å²) in [6.07, 6.45) is 3.42. The smallest absolute Gasteiger partial charge is 0.119 e. The van der Waals surface area contributed by atoms with Crippen LogP contribution in [-0.4, -0.2) is 36.8 Å². The number of piperidine rings is 1. The molecule has 1 aliphatic rings. The summed E-state index contributed by atoms with van der Waals surface area (Å²) in [6, 6.07) is 7.69. The second-order valence-corrected chi connectivity index (χ2v) is 4.65. The van der Waals surface area contributed by atoms with E-state index in [-0.39, 0.29) is 0 Å². The van der Waals surface area contributed by atoms with E-state index in [1.165, 1.54) is 19.3 Å². The van der Waals surface area contributed by atoms with Gasteiger partial charge in [-0.25, -0.2) is 0 Å². The predicted molar refractivity (Wildman–Crippen MR) is 68.2 cm³/mol. The summed E-state index contributed by atoms with van der Waals surface area (Å²) in [4.78, 5) is 2.34. The standard InChI is InChI=1S/C14H21NO2/c1-17-13-7-5-6-12(10-13)14(16)11-15-8-3-2-4-9-15/h5-7,10,14,16H,2-4,8-9,11H2,1H3. The predicted octanol–water partition coefficient (Wildman–Crippen LogP) is 2.21. The van der Waals surface area contributed by atoms with Crippen molar-refractivity contribution in [3.63, 3.8) is 0 Å². The summed E-state index contributed by atoms with van der Waals surface area (Å²) in [5, 5.41) is 10.2. The van der Waals surface area contributed by atoms with E-state index < -0.39 is 6.10 Å². The lowest BCUT2D eigenvalue weighted by molar-refractivity contribution is 0.101. The van der Waals surface area contributed by atoms with Gasteiger partial charge in [-0.1, -0.05) is 18.6 Å². The number of aliphatic hydroxyl groups is 1. The zero-order valence-corrected chi connectivity index (χ0v) is 10.4. The molecule has 1 saturated heterocycles. The van der Waals surface area contributed by atoms with Crippen molar-refractivity contribution in [1.82, 2.24) is 4.90 Å². The largest absolute Gasteiger partial charge is 0.497 e. The fourth-order valence-corrected chi connectivity index (χ4v) is 2.34. The average molecular weight is 235 g/mol. The molecule has 0 radical (unpaired) electrons. The summed E-state index contributed by atoms with van der Waals surface area (Å²) >= 11 is 0. The minimum atomic E-state index is -0.414. The highest BCUT2D eigenvalue weighted by molar-refractivity contribution is 5.29. The number of rotatable bonds is 4. The van der Waals surface area contributed by atoms with Gasteiger partial charge < -0.3 is 14.7 Å². The van der Waals surface area contributed by atoms with Crippen LogP contribution in [0.15, 0.2) is 24.3 Å². The number of hydrogen-bond donors (Lipinski definition) is 1. The summed E-state index contributed by atoms with van der Waals surface area (Å²) in [5.74, 6) is 0.806. The number of methoxy groups -OCH3 is 1. The van der Waals surface area contributed by atoms with E-state index in [4.69, 9.17) is 4.74 Å². The lowest BCUT2D eigenvalue weighted by Gasteiger charge is -2.28. The Kier molecular flexibility index (Phi) is 4.40. The van der Waals surface area contributed by atoms with Crippen molar-refractivity contribution in [2.24, 2.45) is 0 Å². The van der Waals surface area contributed by atoms with Crippen molar-refractivity contribution in [2.45, 2.75) is 25.4 Å². The number of likely N-dealkylation sites (tertiary alicyclic amines) is 1. The normalized spacial score (nSPS) is 18.9. The minimum absolute atomic E-state index is 0.414. The Labute approximate surface area is 103 Å². The number of aliphatic hydroxyl groups excluding tert-OH is 1. The zero-order chi connectivity index (χ0) is 12.1. The summed E-state index contributed by atoms with van der Waals surface area (Å²) < 4.78 is 5.17. The Hall–Kier alpha value is -1.06. The van der Waals surface area contributed by atoms with Crippen LogP contribution >= 0.6 is 0 Å². The van der Waals surface area contributed by atoms with Crippen LogP contribution in [0.1, 0.15) is 30.9 Å². The average Bonchev–Trinajstić information content (AvgIpc) is 2.40. The van der Waals surface area contributed by atoms with Crippen LogP contribution < -0.4 is 4.74 Å². The molecule has 0 amide bonds. The van der Waals surface area contributed by atoms with Crippen molar-refractivity contribution < 1.29 is 9.84 Å². The maximum atomic E-state index is 10.2. The summed E-state index contributed by atoms with van der Waals surface area (Å²) in [6.45, 7) is 2.95. The SMILES string of the molecule is COc1cccc(C(O)CN2CCCCC2)c1. The van der Waals surface area contributed by atoms with Gasteiger partial charge in [0.2, 0.25) is 0 Å². The number of ether oxygens (including phenoxy) is 1. The van der Waals surface area contributed by atoms with Gasteiger partial charge >= 0.3 is 0 Å². The molecule has 1 aliphatic heterocycles. The quantitative estimate of drug-likeness (QED) is 0.868. The van der Waals surface area contributed by atoms with Gasteiger partial charge in [0.05, 0.1) is 13.2 Å². The van der Waals surface area contributed by atoms with Crippen LogP contribution in [-0.2, 0) is 0 Å². The van der Waals surface area contributed by atoms with Gasteiger partial charge in [-0.2, -0.15) is 0 Å². The van der Waals surface area contributed by atoms with Gasteiger partial charge in [0.15, 0.2) is 0 Å². The molecule has 0 saturated carbocycles. The maximum absolute atomic E-state index is 10.2. The number of benzene rings is 1. The fraction of sp³-hybridized carbons (Fsp3) is 0.571. The first-order valence-corrected chi connectivity index (χ1v) is 6.34. The molecule has 1 atom stereocenters. The molecule has 1 fully saturated rings. The molecule has 0 aliphatic carbocycles. The van der Waals surface area contributed by atoms with Crippen LogP contribution in [0.5, 0.6) is 5.75 Å². The monoisotopic (exact) mass is 235 g/mol. The first kappa shape index (κ1) is 12.4. The third-order valence-corrected chi connectivity index (χ3v) is 3.36. The summed E-state index contributed by atoms with van der Waals surface area (Å²) in [7, 11) is 1.65. The van der Waals surface area contributed by atoms with Gasteiger partial charge in [-0.3, -0.25) is 0 Å². The molecule has 17 heavy (non-hydrogen) atoms. The lowest BCUT2D eigenvalue weighted by Crippen LogP contribution is -2.33. The Morgan fingerprint density at radius 3 is 2.76 bits per heavy atom. The second-order valence-electron chi connectivity index (χ2n) is 4.65. The van der Waals surface area contributed by atoms with Crippen molar-refractivity contribution >= 4 is 0 Å². The van der Waals surface area contributed by atoms with E-state index in [0.29, 0.717) is 0 Å². The third kappa shape index (κ3) is 3.45. The molecule has 1 heterocycles. The molecular formula is C14H21NO2. The van der Waals surface area contributed by atoms with Crippen LogP contribution in [0.4, 0.5) is 0 Å². The molecular weight excluding hydrogens is 214 g/mol. The van der Waals surface area contributed by atoms with E-state index in [1.54, 1.807) is 7.11 Å². The molecule has 0 bridgehead atoms. The molecule has 1 aromatic carbocycles. The van der Waals surface area contributed by atoms with Gasteiger partial charge in [0, 0.05) is 6.54 Å². The number of β-amino-alcohol motifs (C(OH)–C–C–N with tert-alkyl or cyclic N) is 1. The zero-order valence-electron chi connectivity index (χ0n) is 10.4. The third-order valence-electron chi connectivity index (χ3n) is 3.36. The summed E-state index contributed by atoms with van der Waals surface area (Å²) in [5.41, 5.74) is 0.940. The topological polar surface area (TPSA) is 32.7 Å². The molecule has 1 unspecified atom stereocenters. The number of hydrogen-bond acceptors (Lipinski definition) is 3. The highest BCUT2D eigenvalue weighted by Gasteiger charge is 2.16. The van der Waals surface area contributed by atoms with Crippen molar-refractivity contribution in [2.75, 3.05) is 26.7 Å². The van der Waals surface area contributed by atoms with Crippen molar-refractivity contribution in [3.8, 4) is 5.75 Å². The first-order valence-electron chi connectivity index (χ1n) is 6.34. The van der Waals surface area contributed by atoms with E-state index in [1.807, 2.05) is 24.3 Å². The Morgan fingerprint density at radius 2 is 2.06 bits per heavy atom. The minimum Gasteiger partial charge on any atom is -0.497 e. The van der Waals surface area contributed by atoms with E-state index in [2.05, 4.69) is 4.90 Å². The maximum Gasteiger partial charge on any atom is 0.119 e. The Balaban J connectivity index is 1.95. The first-order chi connectivity index (χ1) is 8.29. The van der Waals surface area contributed by atoms with Crippen LogP contribution in [0, 0.1) is 0 Å². The molecule has 2 rings (SSSR count). The molecule has 3 heteroatoms. The molecule has 3 nitrogen and oxygen atoms in total. The molecule has 94 valence electrons. The molecule has 1 aromatic rings. The highest BCUT2D eigenvalue weighted by atomic mass is 16.5. The van der Waals surface area contributed by atoms with E-state index in [0.717, 1.165) is 30.9 Å². The molecule has 0 aromatic heterocycles. The van der Waals surface area contributed by atoms with Crippen LogP contribution in [0.3, 0.4) is 0 Å². The van der Waals surface area contributed by atoms with Gasteiger partial charge in [-0.05, 0) is 43.6 Å². The van der Waals surface area contributed by atoms with Gasteiger partial charge in [0.1, 0.15) is 5.75 Å². The lowest BCUT2D eigenvalue weighted by atomic mass is 10.1. The van der Waals surface area contributed by atoms with E-state index in [9.17, 15) is 5.11 Å². The van der Waals surface area contributed by atoms with Gasteiger partial charge in [-0.15, -0.1) is 0 Å². The second kappa shape index (κ2) is 6.03. The Bertz CT molecular complexity index is 348. The van der Waals surface area contributed by atoms with Crippen molar-refractivity contribution in [1.29, 1.82) is 0 Å². The highest BCUT2D eigenvalue weighted by Crippen LogP contribution is 2.21. The number of nitrogens with zero attached hydrogens (tertiary/aromatic N) is 1. The van der Waals surface area contributed by atoms with Gasteiger partial charge in [0.25, 0.3) is 0 Å². The fourth-order valence-electron chi connectivity index (χ4n) is 2.34. The Morgan fingerprint density at radius 1 is 1.29 bits per heavy atom.